The Bertz CT molecular complexity index is 1360. The third-order valence-electron chi connectivity index (χ3n) is 8.85. The van der Waals surface area contributed by atoms with E-state index in [4.69, 9.17) is 28.1 Å². The van der Waals surface area contributed by atoms with E-state index in [1.54, 1.807) is 40.4 Å². The van der Waals surface area contributed by atoms with E-state index >= 15 is 0 Å². The zero-order chi connectivity index (χ0) is 33.9. The summed E-state index contributed by atoms with van der Waals surface area (Å²) in [5.41, 5.74) is 4.13. The number of fused-ring (bicyclic) bond motifs is 1. The van der Waals surface area contributed by atoms with Crippen LogP contribution in [0.15, 0.2) is 35.1 Å². The van der Waals surface area contributed by atoms with Crippen molar-refractivity contribution >= 4 is 28.3 Å². The van der Waals surface area contributed by atoms with E-state index in [1.165, 1.54) is 6.08 Å². The molecule has 0 saturated carbocycles. The molecule has 0 bridgehead atoms. The van der Waals surface area contributed by atoms with E-state index in [-0.39, 0.29) is 23.2 Å². The topological polar surface area (TPSA) is 89.5 Å². The van der Waals surface area contributed by atoms with Gasteiger partial charge in [-0.15, -0.1) is 11.5 Å². The highest BCUT2D eigenvalue weighted by Gasteiger charge is 2.63. The lowest BCUT2D eigenvalue weighted by atomic mass is 9.76. The van der Waals surface area contributed by atoms with Gasteiger partial charge in [-0.05, 0) is 23.5 Å². The lowest BCUT2D eigenvalue weighted by molar-refractivity contribution is -0.149. The van der Waals surface area contributed by atoms with Crippen LogP contribution >= 0.6 is 0 Å². The number of hydrogen-bond donors (Lipinski definition) is 0. The van der Waals surface area contributed by atoms with Crippen LogP contribution in [0.25, 0.3) is 0 Å². The predicted octanol–water partition coefficient (Wildman–Crippen LogP) is 7.70. The number of benzene rings is 1. The molecule has 1 aromatic carbocycles. The fraction of sp³-hybridized carbons (Fsp3) is 0.600. The average Bonchev–Trinajstić information content (AvgIpc) is 3.41. The maximum atomic E-state index is 14.2. The van der Waals surface area contributed by atoms with Crippen LogP contribution in [0, 0.1) is 11.5 Å². The smallest absolute Gasteiger partial charge is 0.338 e. The number of rotatable bonds is 13. The molecule has 0 fully saturated rings. The van der Waals surface area contributed by atoms with Gasteiger partial charge in [-0.3, -0.25) is 0 Å². The molecule has 45 heavy (non-hydrogen) atoms. The minimum absolute atomic E-state index is 0.161. The van der Waals surface area contributed by atoms with Gasteiger partial charge in [-0.25, -0.2) is 9.59 Å². The summed E-state index contributed by atoms with van der Waals surface area (Å²) in [4.78, 5) is 27.6. The monoisotopic (exact) mass is 656 g/mol. The fourth-order valence-corrected chi connectivity index (χ4v) is 13.1. The lowest BCUT2D eigenvalue weighted by Crippen LogP contribution is -2.48. The minimum atomic E-state index is -2.65. The molecule has 0 radical (unpaired) electrons. The molecule has 248 valence electrons. The Morgan fingerprint density at radius 3 is 1.96 bits per heavy atom. The van der Waals surface area contributed by atoms with Gasteiger partial charge in [-0.1, -0.05) is 61.2 Å². The van der Waals surface area contributed by atoms with Crippen LogP contribution in [0.3, 0.4) is 0 Å². The molecule has 1 aromatic rings. The van der Waals surface area contributed by atoms with E-state index in [2.05, 4.69) is 72.6 Å². The van der Waals surface area contributed by atoms with Gasteiger partial charge < -0.3 is 28.1 Å². The van der Waals surface area contributed by atoms with Crippen molar-refractivity contribution in [2.45, 2.75) is 109 Å². The van der Waals surface area contributed by atoms with Crippen molar-refractivity contribution in [1.29, 1.82) is 0 Å². The van der Waals surface area contributed by atoms with Crippen molar-refractivity contribution in [2.24, 2.45) is 0 Å². The number of methoxy groups -OCH3 is 3. The summed E-state index contributed by atoms with van der Waals surface area (Å²) in [7, 11) is 0.344. The molecule has 0 unspecified atom stereocenters. The van der Waals surface area contributed by atoms with Gasteiger partial charge >= 0.3 is 11.9 Å². The highest BCUT2D eigenvalue weighted by molar-refractivity contribution is 6.83. The third kappa shape index (κ3) is 6.85. The quantitative estimate of drug-likeness (QED) is 0.121. The van der Waals surface area contributed by atoms with E-state index in [0.29, 0.717) is 52.6 Å². The number of esters is 2. The van der Waals surface area contributed by atoms with Gasteiger partial charge in [0.15, 0.2) is 5.60 Å². The first-order valence-electron chi connectivity index (χ1n) is 15.9. The van der Waals surface area contributed by atoms with Crippen LogP contribution < -0.4 is 14.2 Å². The van der Waals surface area contributed by atoms with Crippen molar-refractivity contribution in [1.82, 2.24) is 0 Å². The summed E-state index contributed by atoms with van der Waals surface area (Å²) in [6.07, 6.45) is 2.26. The van der Waals surface area contributed by atoms with E-state index in [0.717, 1.165) is 0 Å². The van der Waals surface area contributed by atoms with Crippen molar-refractivity contribution in [3.05, 3.63) is 40.7 Å². The molecule has 0 N–H and O–H groups in total. The fourth-order valence-electron chi connectivity index (χ4n) is 7.15. The molecule has 0 spiro atoms. The average molecular weight is 657 g/mol. The van der Waals surface area contributed by atoms with Crippen molar-refractivity contribution in [3.8, 4) is 28.7 Å². The van der Waals surface area contributed by atoms with Crippen molar-refractivity contribution in [2.75, 3.05) is 27.9 Å². The van der Waals surface area contributed by atoms with Crippen LogP contribution in [-0.4, -0.2) is 61.9 Å². The zero-order valence-corrected chi connectivity index (χ0v) is 31.4. The van der Waals surface area contributed by atoms with Gasteiger partial charge in [0.2, 0.25) is 0 Å². The lowest BCUT2D eigenvalue weighted by Gasteiger charge is -2.43. The molecule has 8 nitrogen and oxygen atoms in total. The summed E-state index contributed by atoms with van der Waals surface area (Å²) in [6, 6.07) is 3.49. The summed E-state index contributed by atoms with van der Waals surface area (Å²) in [5.74, 6) is 3.22. The molecule has 3 rings (SSSR count). The van der Waals surface area contributed by atoms with Gasteiger partial charge in [0.25, 0.3) is 8.32 Å². The molecule has 10 heteroatoms. The Kier molecular flexibility index (Phi) is 11.4. The zero-order valence-electron chi connectivity index (χ0n) is 29.4. The van der Waals surface area contributed by atoms with Crippen LogP contribution in [0.1, 0.15) is 72.8 Å². The first kappa shape index (κ1) is 36.3. The molecule has 0 amide bonds. The molecule has 1 aliphatic heterocycles. The van der Waals surface area contributed by atoms with Crippen LogP contribution in [0.2, 0.25) is 36.3 Å². The Morgan fingerprint density at radius 1 is 0.956 bits per heavy atom. The largest absolute Gasteiger partial charge is 0.542 e. The number of carbonyl (C=O) groups excluding carboxylic acids is 2. The first-order valence-corrected chi connectivity index (χ1v) is 21.5. The highest BCUT2D eigenvalue weighted by Crippen LogP contribution is 2.62. The number of carbonyl (C=O) groups is 2. The Morgan fingerprint density at radius 2 is 1.51 bits per heavy atom. The molecule has 1 heterocycles. The standard InChI is InChI=1S/C35H52O8Si2/c1-14-41-34(37)31-32(30-27(39-9)19-25(38-8)20-28(30)40-10)35(17-15-16-18-44(11,12)13)26(21-29(36)42-35)33(31)43-45(22(2)3,23(4)5)24(6)7/h19-24,32H,14-15,17H2,1-13H3/t32-,35-/m1/s1. The molecule has 1 aliphatic carbocycles. The maximum absolute atomic E-state index is 14.2. The normalized spacial score (nSPS) is 19.7. The van der Waals surface area contributed by atoms with Gasteiger partial charge in [-0.2, -0.15) is 0 Å². The van der Waals surface area contributed by atoms with Crippen LogP contribution in [0.4, 0.5) is 0 Å². The summed E-state index contributed by atoms with van der Waals surface area (Å²) < 4.78 is 36.8. The molecule has 2 atom stereocenters. The molecule has 0 aromatic heterocycles. The summed E-state index contributed by atoms with van der Waals surface area (Å²) in [5, 5.41) is 0. The van der Waals surface area contributed by atoms with Gasteiger partial charge in [0, 0.05) is 42.2 Å². The molecule has 0 saturated heterocycles. The van der Waals surface area contributed by atoms with Crippen LogP contribution in [-0.2, 0) is 23.5 Å². The van der Waals surface area contributed by atoms with E-state index in [9.17, 15) is 9.59 Å². The second-order valence-electron chi connectivity index (χ2n) is 13.7. The number of hydrogen-bond acceptors (Lipinski definition) is 8. The Balaban J connectivity index is 2.51. The highest BCUT2D eigenvalue weighted by atomic mass is 28.4. The third-order valence-corrected chi connectivity index (χ3v) is 15.8. The number of ether oxygens (including phenoxy) is 5. The summed E-state index contributed by atoms with van der Waals surface area (Å²) >= 11 is 0. The van der Waals surface area contributed by atoms with E-state index < -0.39 is 39.8 Å². The maximum Gasteiger partial charge on any atom is 0.338 e. The minimum Gasteiger partial charge on any atom is -0.542 e. The van der Waals surface area contributed by atoms with Crippen LogP contribution in [0.5, 0.6) is 17.2 Å². The predicted molar refractivity (Wildman–Crippen MR) is 182 cm³/mol. The molecule has 2 aliphatic rings. The molecular weight excluding hydrogens is 605 g/mol. The summed E-state index contributed by atoms with van der Waals surface area (Å²) in [6.45, 7) is 21.6. The van der Waals surface area contributed by atoms with Crippen molar-refractivity contribution < 1.29 is 37.7 Å². The van der Waals surface area contributed by atoms with Gasteiger partial charge in [0.05, 0.1) is 39.4 Å². The van der Waals surface area contributed by atoms with Crippen molar-refractivity contribution in [3.63, 3.8) is 0 Å². The van der Waals surface area contributed by atoms with Gasteiger partial charge in [0.1, 0.15) is 31.1 Å². The van der Waals surface area contributed by atoms with E-state index in [1.807, 2.05) is 0 Å². The molecular formula is C35H52O8Si2. The first-order chi connectivity index (χ1) is 21.0. The SMILES string of the molecule is CCOC(=O)C1=C(O[Si](C(C)C)(C(C)C)C(C)C)C2=CC(=O)O[C@@]2(CCC#C[Si](C)(C)C)[C@@H]1c1c(OC)cc(OC)cc1OC. The second kappa shape index (κ2) is 14.1. The Hall–Kier alpha value is -3.17. The Labute approximate surface area is 272 Å². The second-order valence-corrected chi connectivity index (χ2v) is 23.8.